The number of allylic oxidation sites excluding steroid dienone is 1. The predicted octanol–water partition coefficient (Wildman–Crippen LogP) is 2.22. The fourth-order valence-electron chi connectivity index (χ4n) is 3.70. The number of epoxide rings is 1. The molecular formula is C20H26O6. The molecule has 2 aliphatic heterocycles. The standard InChI is InChI=1S/C20H26O6/c1-6-10(2)18(22)25-15-9-20(5)16(26-20)8-13(21)11(3)7-14-17(15)12(4)19(23)24-14/h6-7,13-17,21H,4,8-9H2,1-3,5H3/b10-6-,11-7?/t13-,14+,15+,16+,17-,20+/m0/s1. The number of ether oxygens (including phenoxy) is 3. The Morgan fingerprint density at radius 3 is 2.85 bits per heavy atom. The summed E-state index contributed by atoms with van der Waals surface area (Å²) in [6.07, 6.45) is 2.29. The van der Waals surface area contributed by atoms with E-state index < -0.39 is 41.8 Å². The lowest BCUT2D eigenvalue weighted by Gasteiger charge is -2.29. The number of carbonyl (C=O) groups is 2. The Labute approximate surface area is 153 Å². The smallest absolute Gasteiger partial charge is 0.334 e. The number of hydrogen-bond acceptors (Lipinski definition) is 6. The van der Waals surface area contributed by atoms with Crippen molar-refractivity contribution in [3.8, 4) is 0 Å². The van der Waals surface area contributed by atoms with Crippen LogP contribution in [-0.4, -0.2) is 47.1 Å². The summed E-state index contributed by atoms with van der Waals surface area (Å²) < 4.78 is 17.0. The van der Waals surface area contributed by atoms with Crippen LogP contribution in [0, 0.1) is 5.92 Å². The molecule has 0 saturated carbocycles. The molecule has 6 atom stereocenters. The number of fused-ring (bicyclic) bond motifs is 2. The second kappa shape index (κ2) is 6.67. The van der Waals surface area contributed by atoms with E-state index in [1.54, 1.807) is 32.9 Å². The minimum Gasteiger partial charge on any atom is -0.458 e. The van der Waals surface area contributed by atoms with Crippen LogP contribution in [0.15, 0.2) is 35.5 Å². The molecule has 2 heterocycles. The summed E-state index contributed by atoms with van der Waals surface area (Å²) in [7, 11) is 0. The van der Waals surface area contributed by atoms with Crippen LogP contribution in [0.3, 0.4) is 0 Å². The topological polar surface area (TPSA) is 85.4 Å². The highest BCUT2D eigenvalue weighted by molar-refractivity contribution is 5.92. The zero-order chi connectivity index (χ0) is 19.2. The van der Waals surface area contributed by atoms with Gasteiger partial charge < -0.3 is 19.3 Å². The SMILES string of the molecule is C=C1C(=O)O[C@@H]2C=C(C)[C@@H](O)C[C@H]3O[C@]3(C)C[C@@H](OC(=O)/C(C)=C\C)[C@@H]12. The Bertz CT molecular complexity index is 705. The molecule has 0 aromatic rings. The summed E-state index contributed by atoms with van der Waals surface area (Å²) in [6, 6.07) is 0. The van der Waals surface area contributed by atoms with Gasteiger partial charge in [0.25, 0.3) is 0 Å². The van der Waals surface area contributed by atoms with E-state index in [-0.39, 0.29) is 11.7 Å². The molecule has 6 nitrogen and oxygen atoms in total. The molecule has 1 aliphatic carbocycles. The summed E-state index contributed by atoms with van der Waals surface area (Å²) in [5.74, 6) is -1.43. The third kappa shape index (κ3) is 3.35. The molecule has 0 aromatic carbocycles. The Hall–Kier alpha value is -1.92. The van der Waals surface area contributed by atoms with E-state index in [1.807, 2.05) is 6.92 Å². The van der Waals surface area contributed by atoms with Crippen LogP contribution in [0.1, 0.15) is 40.5 Å². The average molecular weight is 362 g/mol. The zero-order valence-corrected chi connectivity index (χ0v) is 15.7. The second-order valence-electron chi connectivity index (χ2n) is 7.62. The Morgan fingerprint density at radius 1 is 1.50 bits per heavy atom. The second-order valence-corrected chi connectivity index (χ2v) is 7.62. The molecule has 26 heavy (non-hydrogen) atoms. The average Bonchev–Trinajstić information content (AvgIpc) is 3.11. The molecule has 2 saturated heterocycles. The van der Waals surface area contributed by atoms with Crippen molar-refractivity contribution in [3.63, 3.8) is 0 Å². The van der Waals surface area contributed by atoms with E-state index in [2.05, 4.69) is 6.58 Å². The number of carbonyl (C=O) groups excluding carboxylic acids is 2. The molecule has 0 amide bonds. The number of esters is 2. The summed E-state index contributed by atoms with van der Waals surface area (Å²) in [5.41, 5.74) is 0.974. The third-order valence-corrected chi connectivity index (χ3v) is 5.71. The number of rotatable bonds is 2. The van der Waals surface area contributed by atoms with Crippen molar-refractivity contribution in [2.24, 2.45) is 5.92 Å². The van der Waals surface area contributed by atoms with Gasteiger partial charge in [-0.05, 0) is 39.3 Å². The van der Waals surface area contributed by atoms with Crippen LogP contribution in [0.25, 0.3) is 0 Å². The van der Waals surface area contributed by atoms with E-state index >= 15 is 0 Å². The maximum absolute atomic E-state index is 12.4. The minimum absolute atomic E-state index is 0.118. The number of aliphatic hydroxyl groups is 1. The van der Waals surface area contributed by atoms with Gasteiger partial charge in [-0.3, -0.25) is 0 Å². The molecule has 0 bridgehead atoms. The van der Waals surface area contributed by atoms with Gasteiger partial charge in [0.1, 0.15) is 12.2 Å². The predicted molar refractivity (Wildman–Crippen MR) is 94.1 cm³/mol. The zero-order valence-electron chi connectivity index (χ0n) is 15.7. The van der Waals surface area contributed by atoms with Gasteiger partial charge in [-0.15, -0.1) is 0 Å². The maximum Gasteiger partial charge on any atom is 0.334 e. The van der Waals surface area contributed by atoms with E-state index in [0.717, 1.165) is 0 Å². The van der Waals surface area contributed by atoms with Crippen molar-refractivity contribution >= 4 is 11.9 Å². The molecule has 0 aromatic heterocycles. The Balaban J connectivity index is 1.98. The van der Waals surface area contributed by atoms with Gasteiger partial charge in [0.2, 0.25) is 0 Å². The highest BCUT2D eigenvalue weighted by Crippen LogP contribution is 2.47. The highest BCUT2D eigenvalue weighted by Gasteiger charge is 2.57. The van der Waals surface area contributed by atoms with Crippen molar-refractivity contribution in [2.75, 3.05) is 0 Å². The summed E-state index contributed by atoms with van der Waals surface area (Å²) in [5, 5.41) is 10.4. The molecule has 3 aliphatic rings. The van der Waals surface area contributed by atoms with Gasteiger partial charge in [-0.25, -0.2) is 9.59 Å². The first kappa shape index (κ1) is 18.9. The number of aliphatic hydroxyl groups excluding tert-OH is 1. The lowest BCUT2D eigenvalue weighted by Crippen LogP contribution is -2.37. The van der Waals surface area contributed by atoms with E-state index in [1.165, 1.54) is 0 Å². The lowest BCUT2D eigenvalue weighted by molar-refractivity contribution is -0.148. The van der Waals surface area contributed by atoms with E-state index in [9.17, 15) is 14.7 Å². The van der Waals surface area contributed by atoms with Crippen molar-refractivity contribution in [1.29, 1.82) is 0 Å². The molecule has 0 radical (unpaired) electrons. The summed E-state index contributed by atoms with van der Waals surface area (Å²) in [4.78, 5) is 24.5. The quantitative estimate of drug-likeness (QED) is 0.351. The van der Waals surface area contributed by atoms with Crippen LogP contribution >= 0.6 is 0 Å². The third-order valence-electron chi connectivity index (χ3n) is 5.71. The molecule has 3 rings (SSSR count). The van der Waals surface area contributed by atoms with Crippen LogP contribution in [-0.2, 0) is 23.8 Å². The maximum atomic E-state index is 12.4. The van der Waals surface area contributed by atoms with Crippen LogP contribution < -0.4 is 0 Å². The van der Waals surface area contributed by atoms with Crippen LogP contribution in [0.2, 0.25) is 0 Å². The molecule has 0 unspecified atom stereocenters. The first-order valence-corrected chi connectivity index (χ1v) is 8.94. The van der Waals surface area contributed by atoms with E-state index in [0.29, 0.717) is 24.0 Å². The fraction of sp³-hybridized carbons (Fsp3) is 0.600. The summed E-state index contributed by atoms with van der Waals surface area (Å²) >= 11 is 0. The van der Waals surface area contributed by atoms with Gasteiger partial charge >= 0.3 is 11.9 Å². The molecule has 142 valence electrons. The molecule has 0 spiro atoms. The Morgan fingerprint density at radius 2 is 2.19 bits per heavy atom. The van der Waals surface area contributed by atoms with Crippen molar-refractivity contribution in [3.05, 3.63) is 35.5 Å². The normalized spacial score (nSPS) is 40.1. The molecule has 6 heteroatoms. The fourth-order valence-corrected chi connectivity index (χ4v) is 3.70. The lowest BCUT2D eigenvalue weighted by atomic mass is 9.82. The molecule has 2 fully saturated rings. The van der Waals surface area contributed by atoms with Gasteiger partial charge in [0, 0.05) is 24.0 Å². The van der Waals surface area contributed by atoms with E-state index in [4.69, 9.17) is 14.2 Å². The summed E-state index contributed by atoms with van der Waals surface area (Å²) in [6.45, 7) is 11.0. The minimum atomic E-state index is -0.667. The molecule has 1 N–H and O–H groups in total. The van der Waals surface area contributed by atoms with Gasteiger partial charge in [-0.1, -0.05) is 12.7 Å². The highest BCUT2D eigenvalue weighted by atomic mass is 16.6. The van der Waals surface area contributed by atoms with Gasteiger partial charge in [0.15, 0.2) is 0 Å². The first-order chi connectivity index (χ1) is 12.2. The van der Waals surface area contributed by atoms with Crippen molar-refractivity contribution < 1.29 is 28.9 Å². The Kier molecular flexibility index (Phi) is 4.84. The van der Waals surface area contributed by atoms with Crippen LogP contribution in [0.5, 0.6) is 0 Å². The number of hydrogen-bond donors (Lipinski definition) is 1. The first-order valence-electron chi connectivity index (χ1n) is 8.94. The largest absolute Gasteiger partial charge is 0.458 e. The van der Waals surface area contributed by atoms with Gasteiger partial charge in [-0.2, -0.15) is 0 Å². The van der Waals surface area contributed by atoms with Crippen molar-refractivity contribution in [2.45, 2.75) is 70.6 Å². The van der Waals surface area contributed by atoms with Crippen LogP contribution in [0.4, 0.5) is 0 Å². The monoisotopic (exact) mass is 362 g/mol. The van der Waals surface area contributed by atoms with Crippen molar-refractivity contribution in [1.82, 2.24) is 0 Å². The molecular weight excluding hydrogens is 336 g/mol. The van der Waals surface area contributed by atoms with Gasteiger partial charge in [0.05, 0.1) is 23.7 Å².